The summed E-state index contributed by atoms with van der Waals surface area (Å²) in [5.74, 6) is -0.224. The summed E-state index contributed by atoms with van der Waals surface area (Å²) in [6.45, 7) is 2.03. The van der Waals surface area contributed by atoms with Crippen LogP contribution >= 0.6 is 0 Å². The first-order valence-corrected chi connectivity index (χ1v) is 8.47. The van der Waals surface area contributed by atoms with Gasteiger partial charge in [-0.2, -0.15) is 0 Å². The predicted octanol–water partition coefficient (Wildman–Crippen LogP) is 5.30. The number of rotatable bonds is 4. The van der Waals surface area contributed by atoms with Crippen molar-refractivity contribution in [3.05, 3.63) is 89.4 Å². The maximum absolute atomic E-state index is 13.0. The maximum atomic E-state index is 13.0. The van der Waals surface area contributed by atoms with E-state index in [4.69, 9.17) is 9.15 Å². The molecule has 4 rings (SSSR count). The molecule has 0 saturated heterocycles. The van der Waals surface area contributed by atoms with Crippen LogP contribution in [0.2, 0.25) is 0 Å². The lowest BCUT2D eigenvalue weighted by molar-refractivity contribution is 0.0475. The minimum Gasteiger partial charge on any atom is -0.463 e. The number of hydrogen-bond acceptors (Lipinski definition) is 4. The Balaban J connectivity index is 1.70. The van der Waals surface area contributed by atoms with Gasteiger partial charge in [-0.05, 0) is 54.4 Å². The Hall–Kier alpha value is -3.47. The average Bonchev–Trinajstić information content (AvgIpc) is 3.21. The largest absolute Gasteiger partial charge is 0.463 e. The molecule has 2 aromatic carbocycles. The van der Waals surface area contributed by atoms with Gasteiger partial charge in [0.15, 0.2) is 5.76 Å². The van der Waals surface area contributed by atoms with Crippen LogP contribution in [0.25, 0.3) is 22.4 Å². The van der Waals surface area contributed by atoms with Gasteiger partial charge in [-0.25, -0.2) is 14.2 Å². The average molecular weight is 361 g/mol. The van der Waals surface area contributed by atoms with Crippen LogP contribution in [0.3, 0.4) is 0 Å². The molecule has 0 saturated carbocycles. The zero-order valence-electron chi connectivity index (χ0n) is 14.6. The highest BCUT2D eigenvalue weighted by Gasteiger charge is 2.16. The van der Waals surface area contributed by atoms with Gasteiger partial charge >= 0.3 is 5.97 Å². The molecule has 4 aromatic rings. The highest BCUT2D eigenvalue weighted by atomic mass is 19.1. The molecule has 2 heterocycles. The molecule has 0 unspecified atom stereocenters. The Morgan fingerprint density at radius 3 is 2.67 bits per heavy atom. The third-order valence-electron chi connectivity index (χ3n) is 4.24. The van der Waals surface area contributed by atoms with Gasteiger partial charge in [0.1, 0.15) is 18.1 Å². The predicted molar refractivity (Wildman–Crippen MR) is 99.7 cm³/mol. The fraction of sp³-hybridized carbons (Fsp3) is 0.0909. The molecule has 27 heavy (non-hydrogen) atoms. The molecule has 0 amide bonds. The molecule has 0 aliphatic heterocycles. The van der Waals surface area contributed by atoms with E-state index in [1.807, 2.05) is 25.1 Å². The van der Waals surface area contributed by atoms with E-state index in [9.17, 15) is 9.18 Å². The van der Waals surface area contributed by atoms with Gasteiger partial charge in [0, 0.05) is 5.39 Å². The summed E-state index contributed by atoms with van der Waals surface area (Å²) in [5.41, 5.74) is 3.42. The van der Waals surface area contributed by atoms with Crippen molar-refractivity contribution in [3.63, 3.8) is 0 Å². The lowest BCUT2D eigenvalue weighted by atomic mass is 10.0. The number of furan rings is 1. The molecule has 0 aliphatic rings. The molecule has 4 nitrogen and oxygen atoms in total. The third-order valence-corrected chi connectivity index (χ3v) is 4.24. The van der Waals surface area contributed by atoms with Crippen LogP contribution in [0, 0.1) is 12.7 Å². The number of hydrogen-bond donors (Lipinski definition) is 0. The normalized spacial score (nSPS) is 10.9. The van der Waals surface area contributed by atoms with E-state index in [1.54, 1.807) is 36.6 Å². The number of benzene rings is 2. The number of aromatic nitrogens is 1. The van der Waals surface area contributed by atoms with Crippen molar-refractivity contribution in [1.82, 2.24) is 4.98 Å². The van der Waals surface area contributed by atoms with Crippen LogP contribution in [0.15, 0.2) is 71.3 Å². The minimum absolute atomic E-state index is 0.0604. The van der Waals surface area contributed by atoms with E-state index in [1.165, 1.54) is 12.1 Å². The highest BCUT2D eigenvalue weighted by Crippen LogP contribution is 2.26. The van der Waals surface area contributed by atoms with E-state index in [-0.39, 0.29) is 12.4 Å². The molecular formula is C22H16FNO3. The third kappa shape index (κ3) is 3.58. The summed E-state index contributed by atoms with van der Waals surface area (Å²) < 4.78 is 23.9. The summed E-state index contributed by atoms with van der Waals surface area (Å²) in [5, 5.41) is 0.708. The van der Waals surface area contributed by atoms with E-state index in [0.717, 1.165) is 5.56 Å². The summed E-state index contributed by atoms with van der Waals surface area (Å²) in [6, 6.07) is 16.8. The number of esters is 1. The zero-order valence-corrected chi connectivity index (χ0v) is 14.6. The molecule has 2 aromatic heterocycles. The molecule has 0 bridgehead atoms. The first-order valence-electron chi connectivity index (χ1n) is 8.47. The summed E-state index contributed by atoms with van der Waals surface area (Å²) >= 11 is 0. The fourth-order valence-corrected chi connectivity index (χ4v) is 2.87. The van der Waals surface area contributed by atoms with Gasteiger partial charge < -0.3 is 9.15 Å². The van der Waals surface area contributed by atoms with Crippen molar-refractivity contribution >= 4 is 16.9 Å². The van der Waals surface area contributed by atoms with E-state index >= 15 is 0 Å². The molecule has 0 aliphatic carbocycles. The lowest BCUT2D eigenvalue weighted by Gasteiger charge is -2.10. The van der Waals surface area contributed by atoms with Crippen molar-refractivity contribution in [2.75, 3.05) is 0 Å². The SMILES string of the molecule is Cc1ccc2c(C(=O)OCc3ccc(F)cc3)cc(-c3ccco3)nc2c1. The second-order valence-electron chi connectivity index (χ2n) is 6.26. The number of halogens is 1. The number of pyridine rings is 1. The van der Waals surface area contributed by atoms with Gasteiger partial charge in [0.2, 0.25) is 0 Å². The monoisotopic (exact) mass is 361 g/mol. The number of aryl methyl sites for hydroxylation is 1. The summed E-state index contributed by atoms with van der Waals surface area (Å²) in [4.78, 5) is 17.4. The standard InChI is InChI=1S/C22H16FNO3/c1-14-4-9-17-18(22(25)27-13-15-5-7-16(23)8-6-15)12-20(24-19(17)11-14)21-3-2-10-26-21/h2-12H,13H2,1H3. The van der Waals surface area contributed by atoms with Crippen molar-refractivity contribution in [3.8, 4) is 11.5 Å². The Morgan fingerprint density at radius 2 is 1.93 bits per heavy atom. The topological polar surface area (TPSA) is 52.3 Å². The van der Waals surface area contributed by atoms with Gasteiger partial charge in [-0.3, -0.25) is 0 Å². The van der Waals surface area contributed by atoms with E-state index in [0.29, 0.717) is 33.5 Å². The lowest BCUT2D eigenvalue weighted by Crippen LogP contribution is -2.07. The molecular weight excluding hydrogens is 345 g/mol. The number of carbonyl (C=O) groups is 1. The van der Waals surface area contributed by atoms with Gasteiger partial charge in [-0.1, -0.05) is 24.3 Å². The first kappa shape index (κ1) is 17.0. The minimum atomic E-state index is -0.469. The number of carbonyl (C=O) groups excluding carboxylic acids is 1. The summed E-state index contributed by atoms with van der Waals surface area (Å²) in [7, 11) is 0. The van der Waals surface area contributed by atoms with Crippen LogP contribution in [0.4, 0.5) is 4.39 Å². The van der Waals surface area contributed by atoms with Gasteiger partial charge in [-0.15, -0.1) is 0 Å². The molecule has 0 radical (unpaired) electrons. The van der Waals surface area contributed by atoms with Crippen molar-refractivity contribution in [2.24, 2.45) is 0 Å². The zero-order chi connectivity index (χ0) is 18.8. The highest BCUT2D eigenvalue weighted by molar-refractivity contribution is 6.04. The maximum Gasteiger partial charge on any atom is 0.339 e. The Morgan fingerprint density at radius 1 is 1.11 bits per heavy atom. The molecule has 0 atom stereocenters. The number of ether oxygens (including phenoxy) is 1. The van der Waals surface area contributed by atoms with Gasteiger partial charge in [0.25, 0.3) is 0 Å². The Bertz CT molecular complexity index is 1100. The van der Waals surface area contributed by atoms with Crippen LogP contribution in [0.5, 0.6) is 0 Å². The van der Waals surface area contributed by atoms with E-state index < -0.39 is 5.97 Å². The second-order valence-corrected chi connectivity index (χ2v) is 6.26. The molecule has 0 N–H and O–H groups in total. The van der Waals surface area contributed by atoms with Gasteiger partial charge in [0.05, 0.1) is 17.3 Å². The van der Waals surface area contributed by atoms with Crippen LogP contribution < -0.4 is 0 Å². The smallest absolute Gasteiger partial charge is 0.339 e. The molecule has 134 valence electrons. The van der Waals surface area contributed by atoms with E-state index in [2.05, 4.69) is 4.98 Å². The van der Waals surface area contributed by atoms with Crippen molar-refractivity contribution < 1.29 is 18.3 Å². The molecule has 5 heteroatoms. The van der Waals surface area contributed by atoms with Crippen LogP contribution in [0.1, 0.15) is 21.5 Å². The number of fused-ring (bicyclic) bond motifs is 1. The molecule has 0 fully saturated rings. The summed E-state index contributed by atoms with van der Waals surface area (Å²) in [6.07, 6.45) is 1.56. The quantitative estimate of drug-likeness (QED) is 0.463. The Labute approximate surface area is 155 Å². The fourth-order valence-electron chi connectivity index (χ4n) is 2.87. The Kier molecular flexibility index (Phi) is 4.42. The second kappa shape index (κ2) is 7.03. The van der Waals surface area contributed by atoms with Crippen molar-refractivity contribution in [1.29, 1.82) is 0 Å². The molecule has 0 spiro atoms. The van der Waals surface area contributed by atoms with Crippen LogP contribution in [-0.2, 0) is 11.3 Å². The number of nitrogens with zero attached hydrogens (tertiary/aromatic N) is 1. The first-order chi connectivity index (χ1) is 13.1. The van der Waals surface area contributed by atoms with Crippen molar-refractivity contribution in [2.45, 2.75) is 13.5 Å². The van der Waals surface area contributed by atoms with Crippen LogP contribution in [-0.4, -0.2) is 11.0 Å².